The van der Waals surface area contributed by atoms with Gasteiger partial charge in [0.25, 0.3) is 0 Å². The molecule has 0 fully saturated rings. The summed E-state index contributed by atoms with van der Waals surface area (Å²) in [7, 11) is 0. The van der Waals surface area contributed by atoms with E-state index < -0.39 is 0 Å². The molecule has 0 amide bonds. The van der Waals surface area contributed by atoms with Gasteiger partial charge in [0.15, 0.2) is 0 Å². The first-order chi connectivity index (χ1) is 6.97. The monoisotopic (exact) mass is 208 g/mol. The van der Waals surface area contributed by atoms with Crippen LogP contribution in [0, 0.1) is 0 Å². The topological polar surface area (TPSA) is 48.1 Å². The van der Waals surface area contributed by atoms with E-state index in [1.807, 2.05) is 39.1 Å². The van der Waals surface area contributed by atoms with Crippen molar-refractivity contribution >= 4 is 0 Å². The summed E-state index contributed by atoms with van der Waals surface area (Å²) in [6.07, 6.45) is 4.42. The molecule has 0 aliphatic rings. The Balaban J connectivity index is 2.34. The Hall–Kier alpha value is -0.930. The minimum atomic E-state index is -0.118. The van der Waals surface area contributed by atoms with Gasteiger partial charge in [-0.2, -0.15) is 0 Å². The van der Waals surface area contributed by atoms with E-state index in [0.717, 1.165) is 12.0 Å². The third kappa shape index (κ3) is 5.50. The second-order valence-corrected chi connectivity index (χ2v) is 4.75. The first-order valence-corrected chi connectivity index (χ1v) is 5.26. The molecule has 0 saturated carbocycles. The van der Waals surface area contributed by atoms with Gasteiger partial charge in [0.05, 0.1) is 12.2 Å². The lowest BCUT2D eigenvalue weighted by Crippen LogP contribution is -2.33. The third-order valence-electron chi connectivity index (χ3n) is 1.95. The van der Waals surface area contributed by atoms with Gasteiger partial charge in [-0.1, -0.05) is 6.07 Å². The molecule has 1 rings (SSSR count). The van der Waals surface area contributed by atoms with Crippen molar-refractivity contribution in [2.75, 3.05) is 6.61 Å². The quantitative estimate of drug-likeness (QED) is 0.820. The van der Waals surface area contributed by atoms with Gasteiger partial charge < -0.3 is 10.5 Å². The summed E-state index contributed by atoms with van der Waals surface area (Å²) in [5.41, 5.74) is 7.00. The highest BCUT2D eigenvalue weighted by Crippen LogP contribution is 2.08. The molecular formula is C12H20N2O. The summed E-state index contributed by atoms with van der Waals surface area (Å²) in [6.45, 7) is 6.68. The summed E-state index contributed by atoms with van der Waals surface area (Å²) < 4.78 is 5.62. The van der Waals surface area contributed by atoms with E-state index in [2.05, 4.69) is 4.98 Å². The first-order valence-electron chi connectivity index (χ1n) is 5.26. The summed E-state index contributed by atoms with van der Waals surface area (Å²) in [5.74, 6) is 0. The minimum Gasteiger partial charge on any atom is -0.374 e. The number of rotatable bonds is 4. The van der Waals surface area contributed by atoms with E-state index in [9.17, 15) is 0 Å². The summed E-state index contributed by atoms with van der Waals surface area (Å²) in [5, 5.41) is 0. The summed E-state index contributed by atoms with van der Waals surface area (Å²) in [4.78, 5) is 4.05. The van der Waals surface area contributed by atoms with Crippen LogP contribution >= 0.6 is 0 Å². The molecule has 3 heteroatoms. The average molecular weight is 208 g/mol. The van der Waals surface area contributed by atoms with E-state index in [-0.39, 0.29) is 11.6 Å². The maximum absolute atomic E-state index is 5.96. The van der Waals surface area contributed by atoms with Crippen molar-refractivity contribution in [1.29, 1.82) is 0 Å². The maximum atomic E-state index is 5.96. The molecule has 1 heterocycles. The third-order valence-corrected chi connectivity index (χ3v) is 1.95. The van der Waals surface area contributed by atoms with Crippen molar-refractivity contribution in [2.45, 2.75) is 38.8 Å². The molecule has 0 saturated heterocycles. The summed E-state index contributed by atoms with van der Waals surface area (Å²) in [6, 6.07) is 3.99. The Bertz CT molecular complexity index is 279. The van der Waals surface area contributed by atoms with Gasteiger partial charge in [0.2, 0.25) is 0 Å². The molecule has 84 valence electrons. The number of hydrogen-bond acceptors (Lipinski definition) is 3. The molecule has 1 unspecified atom stereocenters. The molecule has 0 spiro atoms. The lowest BCUT2D eigenvalue weighted by atomic mass is 10.1. The van der Waals surface area contributed by atoms with Crippen molar-refractivity contribution < 1.29 is 4.74 Å². The number of nitrogens with two attached hydrogens (primary N) is 1. The lowest BCUT2D eigenvalue weighted by Gasteiger charge is -2.22. The number of ether oxygens (including phenoxy) is 1. The van der Waals surface area contributed by atoms with Crippen molar-refractivity contribution in [3.8, 4) is 0 Å². The molecule has 1 aromatic heterocycles. The lowest BCUT2D eigenvalue weighted by molar-refractivity contribution is -0.00983. The molecule has 3 nitrogen and oxygen atoms in total. The predicted molar refractivity (Wildman–Crippen MR) is 61.6 cm³/mol. The SMILES string of the molecule is CC(C)(C)OCC(N)Cc1cccnc1. The largest absolute Gasteiger partial charge is 0.374 e. The van der Waals surface area contributed by atoms with Gasteiger partial charge in [0, 0.05) is 18.4 Å². The normalized spacial score (nSPS) is 13.9. The van der Waals surface area contributed by atoms with Gasteiger partial charge in [-0.25, -0.2) is 0 Å². The highest BCUT2D eigenvalue weighted by atomic mass is 16.5. The van der Waals surface area contributed by atoms with E-state index in [4.69, 9.17) is 10.5 Å². The standard InChI is InChI=1S/C12H20N2O/c1-12(2,3)15-9-11(13)7-10-5-4-6-14-8-10/h4-6,8,11H,7,9,13H2,1-3H3. The second-order valence-electron chi connectivity index (χ2n) is 4.75. The minimum absolute atomic E-state index is 0.0356. The van der Waals surface area contributed by atoms with E-state index >= 15 is 0 Å². The van der Waals surface area contributed by atoms with E-state index in [1.165, 1.54) is 0 Å². The Morgan fingerprint density at radius 1 is 1.47 bits per heavy atom. The number of pyridine rings is 1. The van der Waals surface area contributed by atoms with Gasteiger partial charge in [-0.05, 0) is 38.8 Å². The van der Waals surface area contributed by atoms with Crippen LogP contribution in [0.1, 0.15) is 26.3 Å². The van der Waals surface area contributed by atoms with Crippen LogP contribution in [0.25, 0.3) is 0 Å². The van der Waals surface area contributed by atoms with Crippen LogP contribution < -0.4 is 5.73 Å². The van der Waals surface area contributed by atoms with Gasteiger partial charge in [0.1, 0.15) is 0 Å². The maximum Gasteiger partial charge on any atom is 0.0627 e. The van der Waals surface area contributed by atoms with Gasteiger partial charge >= 0.3 is 0 Å². The fourth-order valence-electron chi connectivity index (χ4n) is 1.24. The molecule has 2 N–H and O–H groups in total. The summed E-state index contributed by atoms with van der Waals surface area (Å²) >= 11 is 0. The molecule has 0 radical (unpaired) electrons. The van der Waals surface area contributed by atoms with Gasteiger partial charge in [-0.3, -0.25) is 4.98 Å². The van der Waals surface area contributed by atoms with Crippen LogP contribution in [0.3, 0.4) is 0 Å². The number of nitrogens with zero attached hydrogens (tertiary/aromatic N) is 1. The molecule has 1 aromatic rings. The Morgan fingerprint density at radius 2 is 2.20 bits per heavy atom. The first kappa shape index (κ1) is 12.1. The van der Waals surface area contributed by atoms with Crippen LogP contribution in [0.4, 0.5) is 0 Å². The van der Waals surface area contributed by atoms with Gasteiger partial charge in [-0.15, -0.1) is 0 Å². The fraction of sp³-hybridized carbons (Fsp3) is 0.583. The van der Waals surface area contributed by atoms with Crippen molar-refractivity contribution in [1.82, 2.24) is 4.98 Å². The molecule has 0 aliphatic heterocycles. The average Bonchev–Trinajstić information content (AvgIpc) is 2.15. The number of hydrogen-bond donors (Lipinski definition) is 1. The highest BCUT2D eigenvalue weighted by molar-refractivity contribution is 5.09. The molecule has 1 atom stereocenters. The van der Waals surface area contributed by atoms with Crippen molar-refractivity contribution in [2.24, 2.45) is 5.73 Å². The van der Waals surface area contributed by atoms with Crippen LogP contribution in [0.15, 0.2) is 24.5 Å². The van der Waals surface area contributed by atoms with Crippen LogP contribution in [-0.2, 0) is 11.2 Å². The predicted octanol–water partition coefficient (Wildman–Crippen LogP) is 1.77. The van der Waals surface area contributed by atoms with Crippen molar-refractivity contribution in [3.63, 3.8) is 0 Å². The second kappa shape index (κ2) is 5.24. The molecule has 0 aromatic carbocycles. The van der Waals surface area contributed by atoms with E-state index in [0.29, 0.717) is 6.61 Å². The zero-order chi connectivity index (χ0) is 11.3. The Morgan fingerprint density at radius 3 is 2.73 bits per heavy atom. The fourth-order valence-corrected chi connectivity index (χ4v) is 1.24. The Kier molecular flexibility index (Phi) is 4.24. The highest BCUT2D eigenvalue weighted by Gasteiger charge is 2.12. The zero-order valence-corrected chi connectivity index (χ0v) is 9.73. The Labute approximate surface area is 91.7 Å². The smallest absolute Gasteiger partial charge is 0.0627 e. The van der Waals surface area contributed by atoms with Crippen LogP contribution in [0.2, 0.25) is 0 Å². The zero-order valence-electron chi connectivity index (χ0n) is 9.73. The molecular weight excluding hydrogens is 188 g/mol. The molecule has 15 heavy (non-hydrogen) atoms. The molecule has 0 aliphatic carbocycles. The van der Waals surface area contributed by atoms with Crippen LogP contribution in [-0.4, -0.2) is 23.2 Å². The van der Waals surface area contributed by atoms with E-state index in [1.54, 1.807) is 6.20 Å². The van der Waals surface area contributed by atoms with Crippen LogP contribution in [0.5, 0.6) is 0 Å². The van der Waals surface area contributed by atoms with Crippen molar-refractivity contribution in [3.05, 3.63) is 30.1 Å². The number of aromatic nitrogens is 1. The molecule has 0 bridgehead atoms.